The average molecular weight is 384 g/mol. The highest BCUT2D eigenvalue weighted by Crippen LogP contribution is 2.30. The molecule has 0 bridgehead atoms. The molecule has 0 radical (unpaired) electrons. The fraction of sp³-hybridized carbons (Fsp3) is 0.368. The van der Waals surface area contributed by atoms with Gasteiger partial charge in [0.15, 0.2) is 0 Å². The Morgan fingerprint density at radius 1 is 1.26 bits per heavy atom. The molecule has 140 valence electrons. The van der Waals surface area contributed by atoms with Crippen molar-refractivity contribution in [2.24, 2.45) is 0 Å². The van der Waals surface area contributed by atoms with Crippen molar-refractivity contribution in [1.82, 2.24) is 25.3 Å². The quantitative estimate of drug-likeness (QED) is 0.695. The Morgan fingerprint density at radius 3 is 2.78 bits per heavy atom. The summed E-state index contributed by atoms with van der Waals surface area (Å²) in [6, 6.07) is 3.32. The van der Waals surface area contributed by atoms with Crippen LogP contribution in [-0.2, 0) is 5.54 Å². The van der Waals surface area contributed by atoms with Crippen LogP contribution < -0.4 is 10.6 Å². The van der Waals surface area contributed by atoms with E-state index >= 15 is 0 Å². The molecule has 0 aromatic carbocycles. The Hall–Kier alpha value is -2.45. The molecule has 1 aliphatic heterocycles. The number of anilines is 1. The first kappa shape index (κ1) is 17.9. The molecule has 6 nitrogen and oxygen atoms in total. The van der Waals surface area contributed by atoms with Gasteiger partial charge >= 0.3 is 0 Å². The summed E-state index contributed by atoms with van der Waals surface area (Å²) in [5, 5.41) is 9.61. The molecule has 0 saturated carbocycles. The van der Waals surface area contributed by atoms with E-state index in [0.29, 0.717) is 17.7 Å². The molecule has 0 spiro atoms. The van der Waals surface area contributed by atoms with E-state index < -0.39 is 5.54 Å². The normalized spacial score (nSPS) is 17.2. The fourth-order valence-electron chi connectivity index (χ4n) is 3.20. The van der Waals surface area contributed by atoms with E-state index in [-0.39, 0.29) is 5.82 Å². The second kappa shape index (κ2) is 7.28. The minimum atomic E-state index is -0.741. The van der Waals surface area contributed by atoms with E-state index in [2.05, 4.69) is 31.0 Å². The van der Waals surface area contributed by atoms with Gasteiger partial charge in [-0.05, 0) is 45.4 Å². The Morgan fingerprint density at radius 2 is 2.07 bits per heavy atom. The lowest BCUT2D eigenvalue weighted by atomic mass is 9.99. The maximum Gasteiger partial charge on any atom is 0.223 e. The number of hydrogen-bond acceptors (Lipinski definition) is 7. The highest BCUT2D eigenvalue weighted by molar-refractivity contribution is 7.13. The maximum absolute atomic E-state index is 14.0. The van der Waals surface area contributed by atoms with E-state index in [1.54, 1.807) is 36.0 Å². The van der Waals surface area contributed by atoms with Crippen LogP contribution in [0.1, 0.15) is 44.1 Å². The van der Waals surface area contributed by atoms with Gasteiger partial charge in [-0.2, -0.15) is 0 Å². The van der Waals surface area contributed by atoms with Gasteiger partial charge in [-0.1, -0.05) is 0 Å². The largest absolute Gasteiger partial charge is 0.344 e. The van der Waals surface area contributed by atoms with Crippen LogP contribution in [0.3, 0.4) is 0 Å². The summed E-state index contributed by atoms with van der Waals surface area (Å²) in [4.78, 5) is 17.6. The van der Waals surface area contributed by atoms with E-state index in [1.807, 2.05) is 13.8 Å². The summed E-state index contributed by atoms with van der Waals surface area (Å²) in [7, 11) is 0. The molecule has 0 aliphatic carbocycles. The molecule has 1 atom stereocenters. The zero-order chi connectivity index (χ0) is 18.9. The molecule has 0 unspecified atom stereocenters. The summed E-state index contributed by atoms with van der Waals surface area (Å²) < 4.78 is 14.0. The molecule has 2 N–H and O–H groups in total. The van der Waals surface area contributed by atoms with Crippen LogP contribution in [0.4, 0.5) is 10.3 Å². The van der Waals surface area contributed by atoms with Crippen molar-refractivity contribution in [2.75, 3.05) is 11.9 Å². The van der Waals surface area contributed by atoms with Crippen LogP contribution in [0.15, 0.2) is 36.1 Å². The standard InChI is InChI=1S/C19H21FN6S/c1-19(2,16-13(20)5-3-8-22-16)26-18-23-9-12(10-24-18)17-25-15(11-27-17)14-6-4-7-21-14/h3,5,8-11,14,21H,4,6-7H2,1-2H3,(H,23,24,26)/t14-/m1/s1. The van der Waals surface area contributed by atoms with Gasteiger partial charge in [0, 0.05) is 29.5 Å². The number of halogens is 1. The van der Waals surface area contributed by atoms with Gasteiger partial charge in [0.1, 0.15) is 16.5 Å². The van der Waals surface area contributed by atoms with Gasteiger partial charge in [-0.25, -0.2) is 19.3 Å². The summed E-state index contributed by atoms with van der Waals surface area (Å²) >= 11 is 1.60. The number of pyridine rings is 1. The number of hydrogen-bond donors (Lipinski definition) is 2. The van der Waals surface area contributed by atoms with Crippen LogP contribution >= 0.6 is 11.3 Å². The smallest absolute Gasteiger partial charge is 0.223 e. The number of nitrogens with one attached hydrogen (secondary N) is 2. The topological polar surface area (TPSA) is 75.6 Å². The molecule has 1 aliphatic rings. The SMILES string of the molecule is CC(C)(Nc1ncc(-c2nc([C@H]3CCCN3)cs2)cn1)c1ncccc1F. The third-order valence-corrected chi connectivity index (χ3v) is 5.52. The molecule has 4 rings (SSSR count). The van der Waals surface area contributed by atoms with Crippen molar-refractivity contribution >= 4 is 17.3 Å². The zero-order valence-electron chi connectivity index (χ0n) is 15.2. The van der Waals surface area contributed by atoms with Gasteiger partial charge in [0.05, 0.1) is 17.3 Å². The Labute approximate surface area is 161 Å². The fourth-order valence-corrected chi connectivity index (χ4v) is 4.05. The Kier molecular flexibility index (Phi) is 4.84. The minimum Gasteiger partial charge on any atom is -0.344 e. The van der Waals surface area contributed by atoms with E-state index in [0.717, 1.165) is 29.2 Å². The van der Waals surface area contributed by atoms with Crippen molar-refractivity contribution < 1.29 is 4.39 Å². The summed E-state index contributed by atoms with van der Waals surface area (Å²) in [6.07, 6.45) is 7.37. The van der Waals surface area contributed by atoms with Gasteiger partial charge in [0.25, 0.3) is 0 Å². The predicted molar refractivity (Wildman–Crippen MR) is 104 cm³/mol. The van der Waals surface area contributed by atoms with Gasteiger partial charge in [-0.15, -0.1) is 11.3 Å². The lowest BCUT2D eigenvalue weighted by Gasteiger charge is -2.25. The lowest BCUT2D eigenvalue weighted by molar-refractivity contribution is 0.510. The highest BCUT2D eigenvalue weighted by atomic mass is 32.1. The molecule has 0 amide bonds. The van der Waals surface area contributed by atoms with Gasteiger partial charge in [0.2, 0.25) is 5.95 Å². The average Bonchev–Trinajstić information content (AvgIpc) is 3.34. The third-order valence-electron chi connectivity index (χ3n) is 4.61. The van der Waals surface area contributed by atoms with E-state index in [1.165, 1.54) is 12.5 Å². The predicted octanol–water partition coefficient (Wildman–Crippen LogP) is 3.91. The molecular formula is C19H21FN6S. The summed E-state index contributed by atoms with van der Waals surface area (Å²) in [5.41, 5.74) is 1.54. The van der Waals surface area contributed by atoms with Crippen molar-refractivity contribution in [2.45, 2.75) is 38.3 Å². The Balaban J connectivity index is 1.50. The summed E-state index contributed by atoms with van der Waals surface area (Å²) in [5.74, 6) is 0.0606. The first-order chi connectivity index (χ1) is 13.0. The van der Waals surface area contributed by atoms with Gasteiger partial charge in [-0.3, -0.25) is 4.98 Å². The van der Waals surface area contributed by atoms with E-state index in [9.17, 15) is 4.39 Å². The number of nitrogens with zero attached hydrogens (tertiary/aromatic N) is 4. The zero-order valence-corrected chi connectivity index (χ0v) is 16.1. The van der Waals surface area contributed by atoms with Crippen LogP contribution in [0, 0.1) is 5.82 Å². The first-order valence-electron chi connectivity index (χ1n) is 8.93. The van der Waals surface area contributed by atoms with Crippen molar-refractivity contribution in [3.63, 3.8) is 0 Å². The lowest BCUT2D eigenvalue weighted by Crippen LogP contribution is -2.31. The molecular weight excluding hydrogens is 363 g/mol. The van der Waals surface area contributed by atoms with Crippen LogP contribution in [0.2, 0.25) is 0 Å². The maximum atomic E-state index is 14.0. The molecule has 8 heteroatoms. The molecule has 4 heterocycles. The van der Waals surface area contributed by atoms with Crippen molar-refractivity contribution in [3.8, 4) is 10.6 Å². The molecule has 3 aromatic heterocycles. The number of thiazole rings is 1. The summed E-state index contributed by atoms with van der Waals surface area (Å²) in [6.45, 7) is 4.74. The first-order valence-corrected chi connectivity index (χ1v) is 9.81. The molecule has 1 saturated heterocycles. The van der Waals surface area contributed by atoms with E-state index in [4.69, 9.17) is 4.98 Å². The number of aromatic nitrogens is 4. The highest BCUT2D eigenvalue weighted by Gasteiger charge is 2.26. The Bertz CT molecular complexity index is 918. The van der Waals surface area contributed by atoms with Crippen LogP contribution in [0.5, 0.6) is 0 Å². The third kappa shape index (κ3) is 3.81. The second-order valence-corrected chi connectivity index (χ2v) is 7.96. The molecule has 1 fully saturated rings. The van der Waals surface area contributed by atoms with Crippen molar-refractivity contribution in [3.05, 3.63) is 53.3 Å². The van der Waals surface area contributed by atoms with Crippen LogP contribution in [0.25, 0.3) is 10.6 Å². The molecule has 27 heavy (non-hydrogen) atoms. The minimum absolute atomic E-state index is 0.325. The van der Waals surface area contributed by atoms with Crippen LogP contribution in [-0.4, -0.2) is 26.5 Å². The second-order valence-electron chi connectivity index (χ2n) is 7.11. The number of rotatable bonds is 5. The van der Waals surface area contributed by atoms with Crippen molar-refractivity contribution in [1.29, 1.82) is 0 Å². The monoisotopic (exact) mass is 384 g/mol. The molecule has 3 aromatic rings. The van der Waals surface area contributed by atoms with Gasteiger partial charge < -0.3 is 10.6 Å².